The molecular formula is C15H15N3O. The summed E-state index contributed by atoms with van der Waals surface area (Å²) < 4.78 is 0. The van der Waals surface area contributed by atoms with Crippen LogP contribution in [-0.4, -0.2) is 16.9 Å². The van der Waals surface area contributed by atoms with E-state index in [-0.39, 0.29) is 5.91 Å². The van der Waals surface area contributed by atoms with Gasteiger partial charge in [0, 0.05) is 11.6 Å². The van der Waals surface area contributed by atoms with E-state index < -0.39 is 6.04 Å². The van der Waals surface area contributed by atoms with Crippen molar-refractivity contribution in [3.05, 3.63) is 42.1 Å². The van der Waals surface area contributed by atoms with Crippen LogP contribution in [0.15, 0.2) is 36.5 Å². The molecule has 2 rings (SSSR count). The summed E-state index contributed by atoms with van der Waals surface area (Å²) in [4.78, 5) is 16.4. The number of carbonyl (C=O) groups excluding carboxylic acids is 1. The SMILES string of the molecule is CCCC(C#N)NC(=O)c1cccc2cccnc12. The van der Waals surface area contributed by atoms with Crippen molar-refractivity contribution >= 4 is 16.8 Å². The van der Waals surface area contributed by atoms with Crippen LogP contribution in [-0.2, 0) is 0 Å². The summed E-state index contributed by atoms with van der Waals surface area (Å²) in [5.74, 6) is -0.246. The summed E-state index contributed by atoms with van der Waals surface area (Å²) in [7, 11) is 0. The molecule has 0 aliphatic rings. The second-order valence-electron chi connectivity index (χ2n) is 4.32. The molecule has 2 aromatic rings. The monoisotopic (exact) mass is 253 g/mol. The van der Waals surface area contributed by atoms with E-state index in [4.69, 9.17) is 5.26 Å². The molecule has 0 aliphatic heterocycles. The van der Waals surface area contributed by atoms with Gasteiger partial charge in [0.25, 0.3) is 5.91 Å². The number of hydrogen-bond donors (Lipinski definition) is 1. The molecule has 4 heteroatoms. The highest BCUT2D eigenvalue weighted by Gasteiger charge is 2.14. The fourth-order valence-corrected chi connectivity index (χ4v) is 1.98. The van der Waals surface area contributed by atoms with Gasteiger partial charge in [0.15, 0.2) is 0 Å². The predicted molar refractivity (Wildman–Crippen MR) is 73.5 cm³/mol. The molecule has 0 aliphatic carbocycles. The second kappa shape index (κ2) is 5.96. The molecule has 0 spiro atoms. The first-order chi connectivity index (χ1) is 9.26. The van der Waals surface area contributed by atoms with Gasteiger partial charge in [-0.3, -0.25) is 9.78 Å². The Morgan fingerprint density at radius 3 is 2.95 bits per heavy atom. The number of nitriles is 1. The van der Waals surface area contributed by atoms with E-state index in [0.717, 1.165) is 11.8 Å². The van der Waals surface area contributed by atoms with Crippen molar-refractivity contribution in [3.8, 4) is 6.07 Å². The summed E-state index contributed by atoms with van der Waals surface area (Å²) in [6.07, 6.45) is 3.17. The van der Waals surface area contributed by atoms with Gasteiger partial charge < -0.3 is 5.32 Å². The van der Waals surface area contributed by atoms with Crippen LogP contribution in [0.4, 0.5) is 0 Å². The predicted octanol–water partition coefficient (Wildman–Crippen LogP) is 2.66. The van der Waals surface area contributed by atoms with Gasteiger partial charge in [0.05, 0.1) is 17.1 Å². The lowest BCUT2D eigenvalue weighted by molar-refractivity contribution is 0.0945. The molecule has 0 fully saturated rings. The number of rotatable bonds is 4. The molecular weight excluding hydrogens is 238 g/mol. The van der Waals surface area contributed by atoms with Gasteiger partial charge in [0.1, 0.15) is 6.04 Å². The number of carbonyl (C=O) groups is 1. The van der Waals surface area contributed by atoms with Crippen LogP contribution >= 0.6 is 0 Å². The Balaban J connectivity index is 2.29. The Kier molecular flexibility index (Phi) is 4.09. The number of nitrogens with zero attached hydrogens (tertiary/aromatic N) is 2. The van der Waals surface area contributed by atoms with Crippen LogP contribution in [0.5, 0.6) is 0 Å². The lowest BCUT2D eigenvalue weighted by atomic mass is 10.1. The number of amides is 1. The maximum atomic E-state index is 12.2. The van der Waals surface area contributed by atoms with Crippen LogP contribution in [0, 0.1) is 11.3 Å². The summed E-state index contributed by atoms with van der Waals surface area (Å²) in [6, 6.07) is 10.9. The van der Waals surface area contributed by atoms with E-state index >= 15 is 0 Å². The average molecular weight is 253 g/mol. The minimum Gasteiger partial charge on any atom is -0.336 e. The molecule has 4 nitrogen and oxygen atoms in total. The number of fused-ring (bicyclic) bond motifs is 1. The van der Waals surface area contributed by atoms with Crippen LogP contribution < -0.4 is 5.32 Å². The van der Waals surface area contributed by atoms with Gasteiger partial charge in [-0.2, -0.15) is 5.26 Å². The molecule has 1 heterocycles. The Labute approximate surface area is 112 Å². The third-order valence-electron chi connectivity index (χ3n) is 2.92. The Morgan fingerprint density at radius 2 is 2.21 bits per heavy atom. The van der Waals surface area contributed by atoms with Crippen molar-refractivity contribution < 1.29 is 4.79 Å². The van der Waals surface area contributed by atoms with E-state index in [0.29, 0.717) is 17.5 Å². The van der Waals surface area contributed by atoms with Crippen LogP contribution in [0.2, 0.25) is 0 Å². The minimum absolute atomic E-state index is 0.246. The topological polar surface area (TPSA) is 65.8 Å². The maximum Gasteiger partial charge on any atom is 0.254 e. The molecule has 96 valence electrons. The van der Waals surface area contributed by atoms with Crippen molar-refractivity contribution in [1.29, 1.82) is 5.26 Å². The van der Waals surface area contributed by atoms with Crippen molar-refractivity contribution in [2.24, 2.45) is 0 Å². The van der Waals surface area contributed by atoms with Crippen LogP contribution in [0.25, 0.3) is 10.9 Å². The van der Waals surface area contributed by atoms with Gasteiger partial charge in [0.2, 0.25) is 0 Å². The smallest absolute Gasteiger partial charge is 0.254 e. The van der Waals surface area contributed by atoms with Gasteiger partial charge in [-0.15, -0.1) is 0 Å². The number of para-hydroxylation sites is 1. The highest BCUT2D eigenvalue weighted by molar-refractivity contribution is 6.05. The molecule has 0 radical (unpaired) electrons. The van der Waals surface area contributed by atoms with Gasteiger partial charge in [-0.05, 0) is 18.6 Å². The number of nitrogens with one attached hydrogen (secondary N) is 1. The lowest BCUT2D eigenvalue weighted by Gasteiger charge is -2.11. The van der Waals surface area contributed by atoms with Crippen molar-refractivity contribution in [2.75, 3.05) is 0 Å². The maximum absolute atomic E-state index is 12.2. The second-order valence-corrected chi connectivity index (χ2v) is 4.32. The average Bonchev–Trinajstić information content (AvgIpc) is 2.46. The molecule has 1 aromatic carbocycles. The molecule has 1 aromatic heterocycles. The fourth-order valence-electron chi connectivity index (χ4n) is 1.98. The number of hydrogen-bond acceptors (Lipinski definition) is 3. The van der Waals surface area contributed by atoms with Crippen LogP contribution in [0.1, 0.15) is 30.1 Å². The first kappa shape index (κ1) is 13.0. The fraction of sp³-hybridized carbons (Fsp3) is 0.267. The lowest BCUT2D eigenvalue weighted by Crippen LogP contribution is -2.33. The zero-order valence-corrected chi connectivity index (χ0v) is 10.8. The number of benzene rings is 1. The van der Waals surface area contributed by atoms with Crippen molar-refractivity contribution in [3.63, 3.8) is 0 Å². The Hall–Kier alpha value is -2.41. The molecule has 1 atom stereocenters. The third-order valence-corrected chi connectivity index (χ3v) is 2.92. The zero-order valence-electron chi connectivity index (χ0n) is 10.8. The van der Waals surface area contributed by atoms with Crippen molar-refractivity contribution in [2.45, 2.75) is 25.8 Å². The molecule has 19 heavy (non-hydrogen) atoms. The molecule has 1 amide bonds. The first-order valence-corrected chi connectivity index (χ1v) is 6.30. The standard InChI is InChI=1S/C15H15N3O/c1-2-5-12(10-16)18-15(19)13-8-3-6-11-7-4-9-17-14(11)13/h3-4,6-9,12H,2,5H2,1H3,(H,18,19). The summed E-state index contributed by atoms with van der Waals surface area (Å²) >= 11 is 0. The van der Waals surface area contributed by atoms with E-state index in [1.54, 1.807) is 12.3 Å². The van der Waals surface area contributed by atoms with E-state index in [1.807, 2.05) is 31.2 Å². The highest BCUT2D eigenvalue weighted by atomic mass is 16.1. The van der Waals surface area contributed by atoms with Gasteiger partial charge >= 0.3 is 0 Å². The Morgan fingerprint density at radius 1 is 1.42 bits per heavy atom. The summed E-state index contributed by atoms with van der Waals surface area (Å²) in [5.41, 5.74) is 1.17. The normalized spacial score (nSPS) is 11.8. The number of aromatic nitrogens is 1. The quantitative estimate of drug-likeness (QED) is 0.910. The minimum atomic E-state index is -0.448. The zero-order chi connectivity index (χ0) is 13.7. The Bertz CT molecular complexity index is 625. The van der Waals surface area contributed by atoms with E-state index in [2.05, 4.69) is 16.4 Å². The molecule has 0 bridgehead atoms. The van der Waals surface area contributed by atoms with Gasteiger partial charge in [-0.1, -0.05) is 31.5 Å². The molecule has 0 saturated carbocycles. The number of pyridine rings is 1. The molecule has 0 saturated heterocycles. The molecule has 1 N–H and O–H groups in total. The van der Waals surface area contributed by atoms with E-state index in [9.17, 15) is 4.79 Å². The van der Waals surface area contributed by atoms with Gasteiger partial charge in [-0.25, -0.2) is 0 Å². The molecule has 1 unspecified atom stereocenters. The highest BCUT2D eigenvalue weighted by Crippen LogP contribution is 2.16. The van der Waals surface area contributed by atoms with E-state index in [1.165, 1.54) is 0 Å². The van der Waals surface area contributed by atoms with Crippen molar-refractivity contribution in [1.82, 2.24) is 10.3 Å². The van der Waals surface area contributed by atoms with Crippen LogP contribution in [0.3, 0.4) is 0 Å². The summed E-state index contributed by atoms with van der Waals surface area (Å²) in [5, 5.41) is 12.6. The largest absolute Gasteiger partial charge is 0.336 e. The first-order valence-electron chi connectivity index (χ1n) is 6.30. The summed E-state index contributed by atoms with van der Waals surface area (Å²) in [6.45, 7) is 1.98. The third kappa shape index (κ3) is 2.89.